The Balaban J connectivity index is 0.00000231. The minimum atomic E-state index is -0.0140. The molecule has 31 heavy (non-hydrogen) atoms. The quantitative estimate of drug-likeness (QED) is 0.735. The first kappa shape index (κ1) is 21.8. The molecule has 7 nitrogen and oxygen atoms in total. The fourth-order valence-electron chi connectivity index (χ4n) is 4.52. The fourth-order valence-corrected chi connectivity index (χ4v) is 5.49. The van der Waals surface area contributed by atoms with Crippen molar-refractivity contribution in [2.45, 2.75) is 38.3 Å². The topological polar surface area (TPSA) is 92.9 Å². The summed E-state index contributed by atoms with van der Waals surface area (Å²) in [6.45, 7) is 9.16. The van der Waals surface area contributed by atoms with Crippen LogP contribution in [0.1, 0.15) is 32.3 Å². The highest BCUT2D eigenvalue weighted by Crippen LogP contribution is 2.49. The molecular formula is C23H29N5O2S. The van der Waals surface area contributed by atoms with Crippen LogP contribution in [0.5, 0.6) is 0 Å². The van der Waals surface area contributed by atoms with Crippen molar-refractivity contribution in [3.63, 3.8) is 0 Å². The van der Waals surface area contributed by atoms with E-state index in [1.165, 1.54) is 17.3 Å². The first-order valence-corrected chi connectivity index (χ1v) is 11.4. The zero-order valence-corrected chi connectivity index (χ0v) is 18.8. The monoisotopic (exact) mass is 439 g/mol. The van der Waals surface area contributed by atoms with Gasteiger partial charge in [0.1, 0.15) is 17.0 Å². The predicted molar refractivity (Wildman–Crippen MR) is 124 cm³/mol. The number of carbonyl (C=O) groups is 1. The maximum Gasteiger partial charge on any atom is 0.171 e. The molecule has 164 valence electrons. The SMILES string of the molecule is CC1(C)CC(=O)C2=C(C1)Nc1c(ncnc1N1CCN(Cc3ccccc3)CC1)S2.O. The van der Waals surface area contributed by atoms with Crippen LogP contribution in [0.2, 0.25) is 0 Å². The van der Waals surface area contributed by atoms with Crippen molar-refractivity contribution in [3.8, 4) is 0 Å². The highest BCUT2D eigenvalue weighted by atomic mass is 32.2. The molecule has 1 fully saturated rings. The van der Waals surface area contributed by atoms with Gasteiger partial charge in [0.15, 0.2) is 11.6 Å². The molecule has 0 unspecified atom stereocenters. The average Bonchev–Trinajstić information content (AvgIpc) is 2.73. The van der Waals surface area contributed by atoms with Gasteiger partial charge in [0.2, 0.25) is 0 Å². The molecule has 1 aromatic carbocycles. The van der Waals surface area contributed by atoms with Crippen LogP contribution in [0.4, 0.5) is 11.5 Å². The first-order valence-electron chi connectivity index (χ1n) is 10.6. The summed E-state index contributed by atoms with van der Waals surface area (Å²) >= 11 is 1.51. The van der Waals surface area contributed by atoms with Gasteiger partial charge in [-0.05, 0) is 17.4 Å². The number of rotatable bonds is 3. The van der Waals surface area contributed by atoms with E-state index in [9.17, 15) is 4.79 Å². The van der Waals surface area contributed by atoms with Crippen LogP contribution in [-0.4, -0.2) is 52.3 Å². The standard InChI is InChI=1S/C23H27N5OS.H2O/c1-23(2)12-17-20(18(29)13-23)30-22-19(26-17)21(24-15-25-22)28-10-8-27(9-11-28)14-16-6-4-3-5-7-16;/h3-7,15,26H,8-14H2,1-2H3;1H2. The molecule has 3 N–H and O–H groups in total. The van der Waals surface area contributed by atoms with Crippen molar-refractivity contribution in [1.29, 1.82) is 0 Å². The van der Waals surface area contributed by atoms with Crippen LogP contribution in [0.25, 0.3) is 0 Å². The minimum absolute atomic E-state index is 0. The van der Waals surface area contributed by atoms with E-state index in [-0.39, 0.29) is 16.7 Å². The van der Waals surface area contributed by atoms with Gasteiger partial charge >= 0.3 is 0 Å². The normalized spacial score (nSPS) is 20.5. The molecule has 3 heterocycles. The van der Waals surface area contributed by atoms with Crippen LogP contribution in [0.3, 0.4) is 0 Å². The number of allylic oxidation sites excluding steroid dienone is 2. The molecule has 8 heteroatoms. The third kappa shape index (κ3) is 4.46. The molecule has 0 saturated carbocycles. The number of ketones is 1. The Morgan fingerprint density at radius 1 is 1.06 bits per heavy atom. The number of fused-ring (bicyclic) bond motifs is 1. The lowest BCUT2D eigenvalue weighted by atomic mass is 9.78. The molecule has 5 rings (SSSR count). The molecule has 2 aliphatic heterocycles. The molecular weight excluding hydrogens is 410 g/mol. The van der Waals surface area contributed by atoms with E-state index in [0.717, 1.165) is 66.3 Å². The summed E-state index contributed by atoms with van der Waals surface area (Å²) in [7, 11) is 0. The highest BCUT2D eigenvalue weighted by molar-refractivity contribution is 8.04. The summed E-state index contributed by atoms with van der Waals surface area (Å²) in [4.78, 5) is 27.4. The summed E-state index contributed by atoms with van der Waals surface area (Å²) in [5.41, 5.74) is 3.34. The van der Waals surface area contributed by atoms with E-state index < -0.39 is 0 Å². The van der Waals surface area contributed by atoms with Gasteiger partial charge in [0.25, 0.3) is 0 Å². The largest absolute Gasteiger partial charge is 0.412 e. The fraction of sp³-hybridized carbons (Fsp3) is 0.435. The van der Waals surface area contributed by atoms with E-state index in [1.807, 2.05) is 0 Å². The van der Waals surface area contributed by atoms with Crippen molar-refractivity contribution in [2.24, 2.45) is 5.41 Å². The Morgan fingerprint density at radius 3 is 2.55 bits per heavy atom. The summed E-state index contributed by atoms with van der Waals surface area (Å²) in [6, 6.07) is 10.6. The summed E-state index contributed by atoms with van der Waals surface area (Å²) < 4.78 is 0. The third-order valence-electron chi connectivity index (χ3n) is 6.01. The molecule has 0 radical (unpaired) electrons. The second kappa shape index (κ2) is 8.61. The summed E-state index contributed by atoms with van der Waals surface area (Å²) in [5.74, 6) is 1.17. The Morgan fingerprint density at radius 2 is 1.81 bits per heavy atom. The smallest absolute Gasteiger partial charge is 0.171 e. The molecule has 1 saturated heterocycles. The highest BCUT2D eigenvalue weighted by Gasteiger charge is 2.37. The number of carbonyl (C=O) groups excluding carboxylic acids is 1. The molecule has 2 aromatic rings. The summed E-state index contributed by atoms with van der Waals surface area (Å²) in [5, 5.41) is 4.42. The van der Waals surface area contributed by atoms with E-state index in [2.05, 4.69) is 69.3 Å². The molecule has 0 bridgehead atoms. The van der Waals surface area contributed by atoms with E-state index >= 15 is 0 Å². The Labute approximate surface area is 187 Å². The van der Waals surface area contributed by atoms with Crippen LogP contribution >= 0.6 is 11.8 Å². The number of hydrogen-bond donors (Lipinski definition) is 1. The van der Waals surface area contributed by atoms with Crippen molar-refractivity contribution in [3.05, 3.63) is 52.8 Å². The van der Waals surface area contributed by atoms with Crippen LogP contribution in [-0.2, 0) is 11.3 Å². The maximum absolute atomic E-state index is 12.6. The van der Waals surface area contributed by atoms with Crippen LogP contribution in [0, 0.1) is 5.41 Å². The summed E-state index contributed by atoms with van der Waals surface area (Å²) in [6.07, 6.45) is 3.10. The van der Waals surface area contributed by atoms with Crippen LogP contribution < -0.4 is 10.2 Å². The lowest BCUT2D eigenvalue weighted by molar-refractivity contribution is -0.117. The Hall–Kier alpha value is -2.42. The number of benzene rings is 1. The first-order chi connectivity index (χ1) is 14.5. The molecule has 3 aliphatic rings. The van der Waals surface area contributed by atoms with Crippen molar-refractivity contribution in [1.82, 2.24) is 14.9 Å². The molecule has 0 amide bonds. The van der Waals surface area contributed by atoms with Gasteiger partial charge in [-0.15, -0.1) is 0 Å². The van der Waals surface area contributed by atoms with E-state index in [4.69, 9.17) is 0 Å². The zero-order chi connectivity index (χ0) is 20.7. The average molecular weight is 440 g/mol. The number of Topliss-reactive ketones (excluding diaryl/α,β-unsaturated/α-hetero) is 1. The number of piperazine rings is 1. The number of aromatic nitrogens is 2. The molecule has 1 aliphatic carbocycles. The second-order valence-electron chi connectivity index (χ2n) is 9.10. The molecule has 0 atom stereocenters. The zero-order valence-electron chi connectivity index (χ0n) is 18.0. The van der Waals surface area contributed by atoms with Crippen molar-refractivity contribution in [2.75, 3.05) is 36.4 Å². The lowest BCUT2D eigenvalue weighted by Crippen LogP contribution is -2.46. The minimum Gasteiger partial charge on any atom is -0.412 e. The van der Waals surface area contributed by atoms with E-state index in [1.54, 1.807) is 6.33 Å². The number of nitrogens with zero attached hydrogens (tertiary/aromatic N) is 4. The van der Waals surface area contributed by atoms with E-state index in [0.29, 0.717) is 6.42 Å². The lowest BCUT2D eigenvalue weighted by Gasteiger charge is -2.38. The number of thioether (sulfide) groups is 1. The van der Waals surface area contributed by atoms with Crippen molar-refractivity contribution < 1.29 is 10.3 Å². The Bertz CT molecular complexity index is 1000. The van der Waals surface area contributed by atoms with Gasteiger partial charge < -0.3 is 15.7 Å². The van der Waals surface area contributed by atoms with Gasteiger partial charge in [-0.2, -0.15) is 0 Å². The molecule has 1 aromatic heterocycles. The second-order valence-corrected chi connectivity index (χ2v) is 10.1. The van der Waals surface area contributed by atoms with Crippen LogP contribution in [0.15, 0.2) is 52.3 Å². The third-order valence-corrected chi connectivity index (χ3v) is 7.19. The number of nitrogens with one attached hydrogen (secondary N) is 1. The van der Waals surface area contributed by atoms with Gasteiger partial charge in [0.05, 0.1) is 4.91 Å². The van der Waals surface area contributed by atoms with Gasteiger partial charge in [0, 0.05) is 44.8 Å². The number of anilines is 2. The van der Waals surface area contributed by atoms with Gasteiger partial charge in [-0.3, -0.25) is 9.69 Å². The molecule has 0 spiro atoms. The maximum atomic E-state index is 12.6. The number of hydrogen-bond acceptors (Lipinski definition) is 7. The van der Waals surface area contributed by atoms with Gasteiger partial charge in [-0.25, -0.2) is 9.97 Å². The Kier molecular flexibility index (Phi) is 6.05. The van der Waals surface area contributed by atoms with Crippen molar-refractivity contribution >= 4 is 29.1 Å². The van der Waals surface area contributed by atoms with Gasteiger partial charge in [-0.1, -0.05) is 55.9 Å². The predicted octanol–water partition coefficient (Wildman–Crippen LogP) is 3.09.